The third-order valence-electron chi connectivity index (χ3n) is 10.1. The van der Waals surface area contributed by atoms with E-state index in [-0.39, 0.29) is 42.8 Å². The number of benzene rings is 2. The summed E-state index contributed by atoms with van der Waals surface area (Å²) in [6.45, 7) is 1.71. The van der Waals surface area contributed by atoms with Crippen molar-refractivity contribution in [3.63, 3.8) is 0 Å². The van der Waals surface area contributed by atoms with Gasteiger partial charge in [-0.05, 0) is 74.3 Å². The SMILES string of the molecule is Cn1cc(-c2ccnc3c2C(=O)N(CC2CCN(CC(=O)OC(Cn4cncn4)(Cn4cncn4)c4ccc(F)cc4F)CC2)C3)c(-c2ccc(F)cc2)n1. The van der Waals surface area contributed by atoms with Gasteiger partial charge in [0.25, 0.3) is 5.91 Å². The minimum absolute atomic E-state index is 0.0453. The highest BCUT2D eigenvalue weighted by molar-refractivity contribution is 6.05. The van der Waals surface area contributed by atoms with Crippen LogP contribution in [0.3, 0.4) is 0 Å². The molecule has 2 aliphatic rings. The standard InChI is InChI=1S/C38H36F3N11O3/c1-48-16-30(36(47-48)26-2-4-27(39)5-3-26)29-8-11-44-33-17-50(37(54)35(29)33)15-25-9-12-49(13-10-25)18-34(53)55-38(19-51-23-42-21-45-51,20-52-24-43-22-46-52)31-7-6-28(40)14-32(31)41/h2-8,11,14,16,21-25H,9-10,12-13,15,17-20H2,1H3. The summed E-state index contributed by atoms with van der Waals surface area (Å²) < 4.78 is 53.9. The first-order valence-corrected chi connectivity index (χ1v) is 17.8. The molecule has 4 aromatic heterocycles. The van der Waals surface area contributed by atoms with Gasteiger partial charge in [-0.15, -0.1) is 0 Å². The molecule has 0 aliphatic carbocycles. The summed E-state index contributed by atoms with van der Waals surface area (Å²) in [5.41, 5.74) is 2.37. The molecule has 0 unspecified atom stereocenters. The Balaban J connectivity index is 0.938. The summed E-state index contributed by atoms with van der Waals surface area (Å²) >= 11 is 0. The molecule has 1 fully saturated rings. The van der Waals surface area contributed by atoms with E-state index in [9.17, 15) is 18.4 Å². The van der Waals surface area contributed by atoms with Gasteiger partial charge in [0.2, 0.25) is 0 Å². The van der Waals surface area contributed by atoms with E-state index in [0.29, 0.717) is 43.1 Å². The number of rotatable bonds is 12. The minimum Gasteiger partial charge on any atom is -0.449 e. The number of esters is 1. The highest BCUT2D eigenvalue weighted by atomic mass is 19.1. The summed E-state index contributed by atoms with van der Waals surface area (Å²) in [5.74, 6) is -2.55. The summed E-state index contributed by atoms with van der Waals surface area (Å²) in [4.78, 5) is 44.0. The first-order chi connectivity index (χ1) is 26.6. The third-order valence-corrected chi connectivity index (χ3v) is 10.1. The van der Waals surface area contributed by atoms with Gasteiger partial charge in [-0.3, -0.25) is 24.2 Å². The van der Waals surface area contributed by atoms with Crippen LogP contribution in [0.25, 0.3) is 22.4 Å². The van der Waals surface area contributed by atoms with Crippen molar-refractivity contribution in [2.45, 2.75) is 38.1 Å². The quantitative estimate of drug-likeness (QED) is 0.167. The fourth-order valence-corrected chi connectivity index (χ4v) is 7.58. The van der Waals surface area contributed by atoms with Crippen molar-refractivity contribution >= 4 is 11.9 Å². The van der Waals surface area contributed by atoms with Crippen LogP contribution in [0.1, 0.15) is 34.5 Å². The molecule has 282 valence electrons. The molecule has 2 aromatic carbocycles. The zero-order chi connectivity index (χ0) is 38.1. The molecule has 0 bridgehead atoms. The van der Waals surface area contributed by atoms with E-state index in [1.807, 2.05) is 22.1 Å². The first kappa shape index (κ1) is 35.8. The molecule has 6 heterocycles. The van der Waals surface area contributed by atoms with Crippen LogP contribution in [0.2, 0.25) is 0 Å². The van der Waals surface area contributed by atoms with Gasteiger partial charge in [0, 0.05) is 54.3 Å². The number of piperidine rings is 1. The molecule has 0 radical (unpaired) electrons. The number of aryl methyl sites for hydroxylation is 1. The van der Waals surface area contributed by atoms with Crippen molar-refractivity contribution < 1.29 is 27.5 Å². The molecule has 8 rings (SSSR count). The van der Waals surface area contributed by atoms with Gasteiger partial charge in [-0.1, -0.05) is 0 Å². The van der Waals surface area contributed by atoms with Crippen LogP contribution in [0.5, 0.6) is 0 Å². The molecule has 1 amide bonds. The summed E-state index contributed by atoms with van der Waals surface area (Å²) in [6.07, 6.45) is 10.4. The lowest BCUT2D eigenvalue weighted by Gasteiger charge is -2.36. The molecule has 0 N–H and O–H groups in total. The number of carbonyl (C=O) groups is 2. The second kappa shape index (κ2) is 14.9. The number of hydrogen-bond acceptors (Lipinski definition) is 10. The molecular weight excluding hydrogens is 715 g/mol. The highest BCUT2D eigenvalue weighted by Crippen LogP contribution is 2.38. The van der Waals surface area contributed by atoms with Gasteiger partial charge in [-0.25, -0.2) is 32.5 Å². The van der Waals surface area contributed by atoms with E-state index >= 15 is 4.39 Å². The van der Waals surface area contributed by atoms with Crippen LogP contribution in [-0.2, 0) is 41.8 Å². The molecule has 14 nitrogen and oxygen atoms in total. The van der Waals surface area contributed by atoms with Crippen molar-refractivity contribution in [2.75, 3.05) is 26.2 Å². The molecule has 0 saturated carbocycles. The number of aromatic nitrogens is 9. The molecule has 0 spiro atoms. The van der Waals surface area contributed by atoms with Crippen LogP contribution >= 0.6 is 0 Å². The van der Waals surface area contributed by atoms with Gasteiger partial charge >= 0.3 is 5.97 Å². The molecule has 1 saturated heterocycles. The Morgan fingerprint density at radius 1 is 0.909 bits per heavy atom. The highest BCUT2D eigenvalue weighted by Gasteiger charge is 2.42. The smallest absolute Gasteiger partial charge is 0.321 e. The molecule has 0 atom stereocenters. The van der Waals surface area contributed by atoms with E-state index in [1.54, 1.807) is 30.1 Å². The number of likely N-dealkylation sites (tertiary alicyclic amines) is 1. The largest absolute Gasteiger partial charge is 0.449 e. The number of nitrogens with zero attached hydrogens (tertiary/aromatic N) is 11. The van der Waals surface area contributed by atoms with E-state index in [4.69, 9.17) is 4.74 Å². The maximum absolute atomic E-state index is 15.5. The number of ether oxygens (including phenoxy) is 1. The summed E-state index contributed by atoms with van der Waals surface area (Å²) in [5, 5.41) is 12.9. The normalized spacial score (nSPS) is 15.1. The second-order valence-corrected chi connectivity index (χ2v) is 13.9. The van der Waals surface area contributed by atoms with Crippen molar-refractivity contribution in [3.8, 4) is 22.4 Å². The van der Waals surface area contributed by atoms with Gasteiger partial charge in [0.15, 0.2) is 5.60 Å². The topological polar surface area (TPSA) is 142 Å². The number of fused-ring (bicyclic) bond motifs is 1. The molecule has 55 heavy (non-hydrogen) atoms. The molecule has 17 heteroatoms. The predicted molar refractivity (Wildman–Crippen MR) is 190 cm³/mol. The van der Waals surface area contributed by atoms with Gasteiger partial charge in [0.05, 0.1) is 37.4 Å². The van der Waals surface area contributed by atoms with Crippen molar-refractivity contribution in [1.29, 1.82) is 0 Å². The van der Waals surface area contributed by atoms with Gasteiger partial charge in [0.1, 0.15) is 48.5 Å². The Morgan fingerprint density at radius 3 is 2.25 bits per heavy atom. The van der Waals surface area contributed by atoms with Crippen molar-refractivity contribution in [2.24, 2.45) is 13.0 Å². The van der Waals surface area contributed by atoms with Crippen LogP contribution in [0, 0.1) is 23.4 Å². The van der Waals surface area contributed by atoms with Crippen LogP contribution < -0.4 is 0 Å². The van der Waals surface area contributed by atoms with Crippen LogP contribution in [-0.4, -0.2) is 92.1 Å². The Hall–Kier alpha value is -6.23. The zero-order valence-corrected chi connectivity index (χ0v) is 29.8. The average Bonchev–Trinajstić information content (AvgIpc) is 3.99. The Bertz CT molecular complexity index is 2270. The first-order valence-electron chi connectivity index (χ1n) is 17.8. The fraction of sp³-hybridized carbons (Fsp3) is 0.316. The maximum atomic E-state index is 15.5. The minimum atomic E-state index is -1.68. The van der Waals surface area contributed by atoms with E-state index in [1.165, 1.54) is 52.9 Å². The van der Waals surface area contributed by atoms with Crippen LogP contribution in [0.4, 0.5) is 13.2 Å². The third kappa shape index (κ3) is 7.47. The monoisotopic (exact) mass is 751 g/mol. The van der Waals surface area contributed by atoms with Crippen molar-refractivity contribution in [3.05, 3.63) is 121 Å². The number of hydrogen-bond donors (Lipinski definition) is 0. The lowest BCUT2D eigenvalue weighted by atomic mass is 9.92. The van der Waals surface area contributed by atoms with Crippen molar-refractivity contribution in [1.82, 2.24) is 54.1 Å². The number of halogens is 3. The Kier molecular flexibility index (Phi) is 9.69. The summed E-state index contributed by atoms with van der Waals surface area (Å²) in [6, 6.07) is 11.0. The summed E-state index contributed by atoms with van der Waals surface area (Å²) in [7, 11) is 1.80. The van der Waals surface area contributed by atoms with Gasteiger partial charge < -0.3 is 9.64 Å². The molecule has 2 aliphatic heterocycles. The second-order valence-electron chi connectivity index (χ2n) is 13.9. The Labute approximate surface area is 313 Å². The van der Waals surface area contributed by atoms with Crippen LogP contribution in [0.15, 0.2) is 86.2 Å². The number of amides is 1. The fourth-order valence-electron chi connectivity index (χ4n) is 7.58. The lowest BCUT2D eigenvalue weighted by molar-refractivity contribution is -0.167. The predicted octanol–water partition coefficient (Wildman–Crippen LogP) is 4.26. The number of carbonyl (C=O) groups excluding carboxylic acids is 2. The zero-order valence-electron chi connectivity index (χ0n) is 29.8. The molecule has 6 aromatic rings. The lowest BCUT2D eigenvalue weighted by Crippen LogP contribution is -2.46. The number of pyridine rings is 1. The van der Waals surface area contributed by atoms with Gasteiger partial charge in [-0.2, -0.15) is 15.3 Å². The average molecular weight is 752 g/mol. The van der Waals surface area contributed by atoms with E-state index < -0.39 is 23.2 Å². The Morgan fingerprint density at radius 2 is 1.60 bits per heavy atom. The van der Waals surface area contributed by atoms with E-state index in [2.05, 4.69) is 30.2 Å². The van der Waals surface area contributed by atoms with E-state index in [0.717, 1.165) is 41.7 Å². The molecular formula is C38H36F3N11O3. The maximum Gasteiger partial charge on any atom is 0.321 e.